The summed E-state index contributed by atoms with van der Waals surface area (Å²) in [7, 11) is 0. The molecule has 0 aliphatic carbocycles. The van der Waals surface area contributed by atoms with Crippen molar-refractivity contribution in [1.29, 1.82) is 0 Å². The summed E-state index contributed by atoms with van der Waals surface area (Å²) < 4.78 is 6.50. The molecule has 0 radical (unpaired) electrons. The van der Waals surface area contributed by atoms with Gasteiger partial charge in [0.2, 0.25) is 5.91 Å². The first-order chi connectivity index (χ1) is 15.5. The molecule has 0 saturated carbocycles. The lowest BCUT2D eigenvalue weighted by Gasteiger charge is -2.27. The summed E-state index contributed by atoms with van der Waals surface area (Å²) in [5.41, 5.74) is 0.794. The van der Waals surface area contributed by atoms with Crippen LogP contribution in [0.1, 0.15) is 21.7 Å². The van der Waals surface area contributed by atoms with E-state index in [1.54, 1.807) is 29.2 Å². The number of carbonyl (C=O) groups excluding carboxylic acids is 3. The van der Waals surface area contributed by atoms with Gasteiger partial charge in [0.05, 0.1) is 11.0 Å². The lowest BCUT2D eigenvalue weighted by Crippen LogP contribution is -2.53. The molecule has 2 aliphatic rings. The molecule has 3 unspecified atom stereocenters. The molecule has 2 aromatic carbocycles. The SMILES string of the molecule is O=C(NC(Cc1ccc(O)cc1)C(=O)N1CCC2OCC(=O)C21)c1cc2ccccc2s1. The van der Waals surface area contributed by atoms with Crippen molar-refractivity contribution in [2.45, 2.75) is 31.0 Å². The molecular formula is C24H22N2O5S. The molecule has 7 nitrogen and oxygen atoms in total. The number of ether oxygens (including phenoxy) is 1. The lowest BCUT2D eigenvalue weighted by atomic mass is 10.0. The minimum absolute atomic E-state index is 0.0237. The molecule has 3 aromatic rings. The molecule has 2 amide bonds. The number of aromatic hydroxyl groups is 1. The summed E-state index contributed by atoms with van der Waals surface area (Å²) in [6.45, 7) is 0.445. The number of carbonyl (C=O) groups is 3. The molecule has 1 aromatic heterocycles. The Kier molecular flexibility index (Phi) is 5.40. The van der Waals surface area contributed by atoms with E-state index in [2.05, 4.69) is 5.32 Å². The quantitative estimate of drug-likeness (QED) is 0.623. The maximum atomic E-state index is 13.5. The number of phenolic OH excluding ortho intramolecular Hbond substituents is 1. The molecule has 164 valence electrons. The fourth-order valence-electron chi connectivity index (χ4n) is 4.43. The minimum atomic E-state index is -0.843. The molecule has 2 N–H and O–H groups in total. The molecule has 5 rings (SSSR count). The van der Waals surface area contributed by atoms with Gasteiger partial charge in [-0.15, -0.1) is 11.3 Å². The van der Waals surface area contributed by atoms with Crippen molar-refractivity contribution in [2.24, 2.45) is 0 Å². The van der Waals surface area contributed by atoms with Gasteiger partial charge in [-0.25, -0.2) is 0 Å². The van der Waals surface area contributed by atoms with Gasteiger partial charge in [-0.05, 0) is 41.6 Å². The van der Waals surface area contributed by atoms with Crippen LogP contribution >= 0.6 is 11.3 Å². The van der Waals surface area contributed by atoms with Crippen molar-refractivity contribution in [2.75, 3.05) is 13.2 Å². The second-order valence-electron chi connectivity index (χ2n) is 8.13. The number of benzene rings is 2. The van der Waals surface area contributed by atoms with E-state index in [4.69, 9.17) is 4.74 Å². The third-order valence-corrected chi connectivity index (χ3v) is 7.14. The average Bonchev–Trinajstić information content (AvgIpc) is 3.50. The number of amides is 2. The van der Waals surface area contributed by atoms with Crippen LogP contribution in [-0.4, -0.2) is 58.9 Å². The third kappa shape index (κ3) is 3.87. The Morgan fingerprint density at radius 3 is 2.75 bits per heavy atom. The highest BCUT2D eigenvalue weighted by Crippen LogP contribution is 2.29. The fraction of sp³-hybridized carbons (Fsp3) is 0.292. The molecule has 2 aliphatic heterocycles. The first kappa shape index (κ1) is 20.7. The number of fused-ring (bicyclic) bond motifs is 2. The van der Waals surface area contributed by atoms with Gasteiger partial charge in [0.1, 0.15) is 24.4 Å². The predicted octanol–water partition coefficient (Wildman–Crippen LogP) is 2.52. The van der Waals surface area contributed by atoms with Gasteiger partial charge >= 0.3 is 0 Å². The van der Waals surface area contributed by atoms with Gasteiger partial charge in [0, 0.05) is 17.7 Å². The van der Waals surface area contributed by atoms with E-state index in [-0.39, 0.29) is 42.5 Å². The summed E-state index contributed by atoms with van der Waals surface area (Å²) in [5.74, 6) is -0.589. The maximum Gasteiger partial charge on any atom is 0.262 e. The second-order valence-corrected chi connectivity index (χ2v) is 9.21. The number of thiophene rings is 1. The summed E-state index contributed by atoms with van der Waals surface area (Å²) in [6, 6.07) is 14.7. The number of rotatable bonds is 5. The Bertz CT molecular complexity index is 1160. The Morgan fingerprint density at radius 1 is 1.19 bits per heavy atom. The highest BCUT2D eigenvalue weighted by Gasteiger charge is 2.48. The lowest BCUT2D eigenvalue weighted by molar-refractivity contribution is -0.138. The molecule has 0 bridgehead atoms. The first-order valence-electron chi connectivity index (χ1n) is 10.5. The summed E-state index contributed by atoms with van der Waals surface area (Å²) >= 11 is 1.37. The Balaban J connectivity index is 1.41. The van der Waals surface area contributed by atoms with Gasteiger partial charge in [-0.3, -0.25) is 14.4 Å². The minimum Gasteiger partial charge on any atom is -0.508 e. The van der Waals surface area contributed by atoms with E-state index < -0.39 is 12.1 Å². The molecule has 3 atom stereocenters. The maximum absolute atomic E-state index is 13.5. The molecule has 32 heavy (non-hydrogen) atoms. The van der Waals surface area contributed by atoms with Crippen LogP contribution in [0.5, 0.6) is 5.75 Å². The number of hydrogen-bond donors (Lipinski definition) is 2. The van der Waals surface area contributed by atoms with Crippen LogP contribution in [-0.2, 0) is 20.7 Å². The van der Waals surface area contributed by atoms with Crippen LogP contribution in [0.4, 0.5) is 0 Å². The summed E-state index contributed by atoms with van der Waals surface area (Å²) in [5, 5.41) is 13.4. The van der Waals surface area contributed by atoms with Crippen molar-refractivity contribution < 1.29 is 24.2 Å². The number of Topliss-reactive ketones (excluding diaryl/α,β-unsaturated/α-hetero) is 1. The van der Waals surface area contributed by atoms with Crippen LogP contribution in [0.25, 0.3) is 10.1 Å². The number of nitrogens with zero attached hydrogens (tertiary/aromatic N) is 1. The third-order valence-electron chi connectivity index (χ3n) is 6.02. The number of ketones is 1. The zero-order valence-corrected chi connectivity index (χ0v) is 18.0. The van der Waals surface area contributed by atoms with Gasteiger partial charge in [-0.1, -0.05) is 30.3 Å². The molecule has 8 heteroatoms. The average molecular weight is 451 g/mol. The fourth-order valence-corrected chi connectivity index (χ4v) is 5.40. The molecule has 0 spiro atoms. The largest absolute Gasteiger partial charge is 0.508 e. The van der Waals surface area contributed by atoms with Gasteiger partial charge in [0.15, 0.2) is 5.78 Å². The van der Waals surface area contributed by atoms with E-state index in [0.717, 1.165) is 15.6 Å². The van der Waals surface area contributed by atoms with Crippen molar-refractivity contribution >= 4 is 39.0 Å². The first-order valence-corrected chi connectivity index (χ1v) is 11.3. The van der Waals surface area contributed by atoms with E-state index in [1.807, 2.05) is 30.3 Å². The topological polar surface area (TPSA) is 95.9 Å². The zero-order valence-electron chi connectivity index (χ0n) is 17.2. The molecule has 2 saturated heterocycles. The highest BCUT2D eigenvalue weighted by atomic mass is 32.1. The number of phenols is 1. The predicted molar refractivity (Wildman–Crippen MR) is 120 cm³/mol. The van der Waals surface area contributed by atoms with Gasteiger partial charge in [0.25, 0.3) is 5.91 Å². The molecule has 3 heterocycles. The number of nitrogens with one attached hydrogen (secondary N) is 1. The highest BCUT2D eigenvalue weighted by molar-refractivity contribution is 7.20. The van der Waals surface area contributed by atoms with Crippen LogP contribution in [0, 0.1) is 0 Å². The Morgan fingerprint density at radius 2 is 1.97 bits per heavy atom. The zero-order chi connectivity index (χ0) is 22.2. The van der Waals surface area contributed by atoms with Gasteiger partial charge in [-0.2, -0.15) is 0 Å². The van der Waals surface area contributed by atoms with Crippen molar-refractivity contribution in [1.82, 2.24) is 10.2 Å². The Hall–Kier alpha value is -3.23. The van der Waals surface area contributed by atoms with E-state index in [0.29, 0.717) is 17.8 Å². The normalized spacial score (nSPS) is 21.0. The monoisotopic (exact) mass is 450 g/mol. The van der Waals surface area contributed by atoms with Crippen molar-refractivity contribution in [3.63, 3.8) is 0 Å². The number of hydrogen-bond acceptors (Lipinski definition) is 6. The van der Waals surface area contributed by atoms with E-state index in [1.165, 1.54) is 11.3 Å². The van der Waals surface area contributed by atoms with Crippen LogP contribution in [0.3, 0.4) is 0 Å². The smallest absolute Gasteiger partial charge is 0.262 e. The van der Waals surface area contributed by atoms with Gasteiger partial charge < -0.3 is 20.1 Å². The van der Waals surface area contributed by atoms with Crippen LogP contribution in [0.2, 0.25) is 0 Å². The van der Waals surface area contributed by atoms with Crippen molar-refractivity contribution in [3.8, 4) is 5.75 Å². The summed E-state index contributed by atoms with van der Waals surface area (Å²) in [4.78, 5) is 41.0. The standard InChI is InChI=1S/C24H22N2O5S/c27-16-7-5-14(6-8-16)11-17(24(30)26-10-9-19-22(26)18(28)13-31-19)25-23(29)21-12-15-3-1-2-4-20(15)32-21/h1-8,12,17,19,22,27H,9-11,13H2,(H,25,29). The molecule has 2 fully saturated rings. The van der Waals surface area contributed by atoms with Crippen LogP contribution < -0.4 is 5.32 Å². The van der Waals surface area contributed by atoms with Crippen LogP contribution in [0.15, 0.2) is 54.6 Å². The van der Waals surface area contributed by atoms with E-state index in [9.17, 15) is 19.5 Å². The molecular weight excluding hydrogens is 428 g/mol. The van der Waals surface area contributed by atoms with Crippen molar-refractivity contribution in [3.05, 3.63) is 65.0 Å². The Labute approximate surface area is 188 Å². The number of likely N-dealkylation sites (tertiary alicyclic amines) is 1. The van der Waals surface area contributed by atoms with E-state index >= 15 is 0 Å². The second kappa shape index (κ2) is 8.37. The summed E-state index contributed by atoms with van der Waals surface area (Å²) in [6.07, 6.45) is 0.593.